The largest absolute Gasteiger partial charge is 0.384 e. The van der Waals surface area contributed by atoms with E-state index in [-0.39, 0.29) is 0 Å². The van der Waals surface area contributed by atoms with E-state index >= 15 is 0 Å². The Labute approximate surface area is 78.9 Å². The Hall–Kier alpha value is -0.990. The summed E-state index contributed by atoms with van der Waals surface area (Å²) in [6.07, 6.45) is 5.03. The van der Waals surface area contributed by atoms with Crippen molar-refractivity contribution in [3.05, 3.63) is 11.8 Å². The van der Waals surface area contributed by atoms with Crippen molar-refractivity contribution < 1.29 is 0 Å². The quantitative estimate of drug-likeness (QED) is 0.772. The lowest BCUT2D eigenvalue weighted by molar-refractivity contribution is 0.405. The molecule has 0 bridgehead atoms. The molecule has 1 aromatic rings. The number of nitrogens with zero attached hydrogens (tertiary/aromatic N) is 2. The molecule has 0 amide bonds. The van der Waals surface area contributed by atoms with Crippen molar-refractivity contribution >= 4 is 5.82 Å². The number of nitrogen functional groups attached to an aromatic ring is 1. The SMILES string of the molecule is CCCn1nc(C2CCC2)cc1N. The standard InChI is InChI=1S/C10H17N3/c1-2-6-13-10(11)7-9(12-13)8-4-3-5-8/h7-8H,2-6,11H2,1H3. The topological polar surface area (TPSA) is 43.8 Å². The fraction of sp³-hybridized carbons (Fsp3) is 0.700. The second-order valence-corrected chi connectivity index (χ2v) is 3.85. The molecule has 0 atom stereocenters. The van der Waals surface area contributed by atoms with E-state index < -0.39 is 0 Å². The summed E-state index contributed by atoms with van der Waals surface area (Å²) in [5, 5.41) is 4.51. The molecular weight excluding hydrogens is 162 g/mol. The van der Waals surface area contributed by atoms with Gasteiger partial charge in [-0.15, -0.1) is 0 Å². The van der Waals surface area contributed by atoms with E-state index in [1.165, 1.54) is 25.0 Å². The molecule has 0 radical (unpaired) electrons. The second kappa shape index (κ2) is 3.40. The molecule has 1 fully saturated rings. The summed E-state index contributed by atoms with van der Waals surface area (Å²) < 4.78 is 1.92. The Kier molecular flexibility index (Phi) is 2.25. The highest BCUT2D eigenvalue weighted by Gasteiger charge is 2.22. The highest BCUT2D eigenvalue weighted by Crippen LogP contribution is 2.36. The third-order valence-corrected chi connectivity index (χ3v) is 2.79. The number of anilines is 1. The van der Waals surface area contributed by atoms with Crippen LogP contribution in [0.1, 0.15) is 44.2 Å². The maximum Gasteiger partial charge on any atom is 0.121 e. The minimum atomic E-state index is 0.695. The van der Waals surface area contributed by atoms with Gasteiger partial charge in [0.15, 0.2) is 0 Å². The first-order valence-electron chi connectivity index (χ1n) is 5.14. The van der Waals surface area contributed by atoms with Crippen molar-refractivity contribution in [3.8, 4) is 0 Å². The van der Waals surface area contributed by atoms with E-state index in [1.54, 1.807) is 0 Å². The van der Waals surface area contributed by atoms with Gasteiger partial charge in [0, 0.05) is 18.5 Å². The van der Waals surface area contributed by atoms with Crippen LogP contribution in [0, 0.1) is 0 Å². The normalized spacial score (nSPS) is 17.3. The molecule has 2 N–H and O–H groups in total. The van der Waals surface area contributed by atoms with Crippen LogP contribution in [0.2, 0.25) is 0 Å². The zero-order valence-corrected chi connectivity index (χ0v) is 8.16. The third kappa shape index (κ3) is 1.55. The summed E-state index contributed by atoms with van der Waals surface area (Å²) in [5.41, 5.74) is 7.05. The Balaban J connectivity index is 2.14. The summed E-state index contributed by atoms with van der Waals surface area (Å²) in [4.78, 5) is 0. The van der Waals surface area contributed by atoms with E-state index in [0.29, 0.717) is 5.92 Å². The fourth-order valence-electron chi connectivity index (χ4n) is 1.75. The highest BCUT2D eigenvalue weighted by atomic mass is 15.3. The molecule has 1 aromatic heterocycles. The molecule has 1 saturated carbocycles. The molecule has 0 aliphatic heterocycles. The molecule has 2 rings (SSSR count). The molecule has 72 valence electrons. The smallest absolute Gasteiger partial charge is 0.121 e. The monoisotopic (exact) mass is 179 g/mol. The Bertz CT molecular complexity index is 286. The van der Waals surface area contributed by atoms with Gasteiger partial charge in [0.2, 0.25) is 0 Å². The molecule has 1 aliphatic rings. The first-order chi connectivity index (χ1) is 6.31. The molecule has 0 saturated heterocycles. The molecule has 0 unspecified atom stereocenters. The van der Waals surface area contributed by atoms with E-state index in [0.717, 1.165) is 18.8 Å². The summed E-state index contributed by atoms with van der Waals surface area (Å²) >= 11 is 0. The van der Waals surface area contributed by atoms with Crippen molar-refractivity contribution in [2.75, 3.05) is 5.73 Å². The van der Waals surface area contributed by atoms with Gasteiger partial charge in [-0.3, -0.25) is 0 Å². The fourth-order valence-corrected chi connectivity index (χ4v) is 1.75. The lowest BCUT2D eigenvalue weighted by Crippen LogP contribution is -2.10. The predicted octanol–water partition coefficient (Wildman–Crippen LogP) is 2.14. The number of rotatable bonds is 3. The van der Waals surface area contributed by atoms with Crippen LogP contribution in [-0.2, 0) is 6.54 Å². The van der Waals surface area contributed by atoms with E-state index in [4.69, 9.17) is 5.73 Å². The van der Waals surface area contributed by atoms with Gasteiger partial charge < -0.3 is 5.73 Å². The summed E-state index contributed by atoms with van der Waals surface area (Å²) in [5.74, 6) is 1.52. The van der Waals surface area contributed by atoms with Crippen LogP contribution in [0.15, 0.2) is 6.07 Å². The van der Waals surface area contributed by atoms with Gasteiger partial charge in [-0.25, -0.2) is 4.68 Å². The van der Waals surface area contributed by atoms with Crippen molar-refractivity contribution in [2.24, 2.45) is 0 Å². The van der Waals surface area contributed by atoms with Crippen molar-refractivity contribution in [1.82, 2.24) is 9.78 Å². The summed E-state index contributed by atoms with van der Waals surface area (Å²) in [6, 6.07) is 2.04. The lowest BCUT2D eigenvalue weighted by Gasteiger charge is -2.22. The van der Waals surface area contributed by atoms with Gasteiger partial charge in [-0.2, -0.15) is 5.10 Å². The van der Waals surface area contributed by atoms with Gasteiger partial charge in [0.1, 0.15) is 5.82 Å². The van der Waals surface area contributed by atoms with Crippen LogP contribution in [0.4, 0.5) is 5.82 Å². The van der Waals surface area contributed by atoms with Crippen molar-refractivity contribution in [2.45, 2.75) is 45.1 Å². The second-order valence-electron chi connectivity index (χ2n) is 3.85. The molecule has 0 aromatic carbocycles. The number of hydrogen-bond acceptors (Lipinski definition) is 2. The maximum absolute atomic E-state index is 5.84. The van der Waals surface area contributed by atoms with E-state index in [2.05, 4.69) is 12.0 Å². The third-order valence-electron chi connectivity index (χ3n) is 2.79. The van der Waals surface area contributed by atoms with Gasteiger partial charge in [-0.1, -0.05) is 13.3 Å². The van der Waals surface area contributed by atoms with Gasteiger partial charge >= 0.3 is 0 Å². The minimum Gasteiger partial charge on any atom is -0.384 e. The van der Waals surface area contributed by atoms with Crippen molar-refractivity contribution in [1.29, 1.82) is 0 Å². The zero-order valence-electron chi connectivity index (χ0n) is 8.16. The Morgan fingerprint density at radius 1 is 1.62 bits per heavy atom. The molecule has 13 heavy (non-hydrogen) atoms. The lowest BCUT2D eigenvalue weighted by atomic mass is 9.83. The van der Waals surface area contributed by atoms with Crippen LogP contribution in [0.25, 0.3) is 0 Å². The Morgan fingerprint density at radius 2 is 2.38 bits per heavy atom. The Morgan fingerprint density at radius 3 is 2.92 bits per heavy atom. The van der Waals surface area contributed by atoms with Crippen LogP contribution >= 0.6 is 0 Å². The average Bonchev–Trinajstić information content (AvgIpc) is 2.30. The van der Waals surface area contributed by atoms with E-state index in [1.807, 2.05) is 10.7 Å². The first kappa shape index (κ1) is 8.60. The van der Waals surface area contributed by atoms with Gasteiger partial charge in [0.05, 0.1) is 5.69 Å². The highest BCUT2D eigenvalue weighted by molar-refractivity contribution is 5.32. The van der Waals surface area contributed by atoms with Crippen molar-refractivity contribution in [3.63, 3.8) is 0 Å². The van der Waals surface area contributed by atoms with Crippen LogP contribution < -0.4 is 5.73 Å². The van der Waals surface area contributed by atoms with Gasteiger partial charge in [0.25, 0.3) is 0 Å². The summed E-state index contributed by atoms with van der Waals surface area (Å²) in [7, 11) is 0. The molecule has 1 aliphatic carbocycles. The molecular formula is C10H17N3. The average molecular weight is 179 g/mol. The van der Waals surface area contributed by atoms with Crippen LogP contribution in [0.3, 0.4) is 0 Å². The number of nitrogens with two attached hydrogens (primary N) is 1. The number of aromatic nitrogens is 2. The number of aryl methyl sites for hydroxylation is 1. The molecule has 0 spiro atoms. The molecule has 3 nitrogen and oxygen atoms in total. The maximum atomic E-state index is 5.84. The molecule has 3 heteroatoms. The number of hydrogen-bond donors (Lipinski definition) is 1. The molecule has 1 heterocycles. The zero-order chi connectivity index (χ0) is 9.26. The summed E-state index contributed by atoms with van der Waals surface area (Å²) in [6.45, 7) is 3.09. The van der Waals surface area contributed by atoms with Crippen LogP contribution in [0.5, 0.6) is 0 Å². The van der Waals surface area contributed by atoms with Gasteiger partial charge in [-0.05, 0) is 19.3 Å². The van der Waals surface area contributed by atoms with E-state index in [9.17, 15) is 0 Å². The first-order valence-corrected chi connectivity index (χ1v) is 5.14. The van der Waals surface area contributed by atoms with Crippen LogP contribution in [-0.4, -0.2) is 9.78 Å². The predicted molar refractivity (Wildman–Crippen MR) is 53.5 cm³/mol. The minimum absolute atomic E-state index is 0.695.